The van der Waals surface area contributed by atoms with Crippen molar-refractivity contribution >= 4 is 11.6 Å². The second kappa shape index (κ2) is 5.65. The molecule has 0 unspecified atom stereocenters. The molecule has 0 fully saturated rings. The average molecular weight is 297 g/mol. The first-order chi connectivity index (χ1) is 10.3. The van der Waals surface area contributed by atoms with Gasteiger partial charge in [-0.05, 0) is 24.3 Å². The molecular formula is C15H9ClN4O. The number of ether oxygens (including phenoxy) is 1. The standard InChI is InChI=1S/C15H9ClN4O/c16-13-7-4-8-14(12(13)9-17)21-15-18-10-20(19-15)11-5-2-1-3-6-11/h1-8,10H. The summed E-state index contributed by atoms with van der Waals surface area (Å²) in [6, 6.07) is 16.7. The first kappa shape index (κ1) is 13.2. The number of hydrogen-bond acceptors (Lipinski definition) is 4. The zero-order chi connectivity index (χ0) is 14.7. The van der Waals surface area contributed by atoms with Gasteiger partial charge in [0.2, 0.25) is 0 Å². The van der Waals surface area contributed by atoms with E-state index in [4.69, 9.17) is 21.6 Å². The van der Waals surface area contributed by atoms with Crippen molar-refractivity contribution in [2.45, 2.75) is 0 Å². The molecule has 0 aliphatic rings. The SMILES string of the molecule is N#Cc1c(Cl)cccc1Oc1ncn(-c2ccccc2)n1. The van der Waals surface area contributed by atoms with E-state index in [1.807, 2.05) is 36.4 Å². The van der Waals surface area contributed by atoms with Gasteiger partial charge in [-0.25, -0.2) is 4.68 Å². The van der Waals surface area contributed by atoms with E-state index in [0.29, 0.717) is 10.8 Å². The fourth-order valence-corrected chi connectivity index (χ4v) is 2.00. The second-order valence-electron chi connectivity index (χ2n) is 4.13. The van der Waals surface area contributed by atoms with Crippen molar-refractivity contribution in [1.29, 1.82) is 5.26 Å². The zero-order valence-electron chi connectivity index (χ0n) is 10.8. The van der Waals surface area contributed by atoms with Gasteiger partial charge in [-0.2, -0.15) is 10.2 Å². The fraction of sp³-hybridized carbons (Fsp3) is 0. The Morgan fingerprint density at radius 2 is 1.90 bits per heavy atom. The van der Waals surface area contributed by atoms with Crippen molar-refractivity contribution in [3.8, 4) is 23.5 Å². The normalized spacial score (nSPS) is 10.1. The van der Waals surface area contributed by atoms with Crippen LogP contribution in [0, 0.1) is 11.3 Å². The Morgan fingerprint density at radius 3 is 2.67 bits per heavy atom. The molecule has 0 amide bonds. The van der Waals surface area contributed by atoms with Gasteiger partial charge in [-0.15, -0.1) is 5.10 Å². The number of nitriles is 1. The Balaban J connectivity index is 1.89. The highest BCUT2D eigenvalue weighted by Gasteiger charge is 2.11. The van der Waals surface area contributed by atoms with Gasteiger partial charge in [0.1, 0.15) is 23.7 Å². The molecule has 0 aliphatic carbocycles. The molecule has 1 aromatic heterocycles. The van der Waals surface area contributed by atoms with E-state index in [9.17, 15) is 0 Å². The highest BCUT2D eigenvalue weighted by atomic mass is 35.5. The van der Waals surface area contributed by atoms with E-state index >= 15 is 0 Å². The molecular weight excluding hydrogens is 288 g/mol. The molecule has 2 aromatic carbocycles. The van der Waals surface area contributed by atoms with Gasteiger partial charge in [0, 0.05) is 0 Å². The van der Waals surface area contributed by atoms with Gasteiger partial charge in [0.15, 0.2) is 0 Å². The van der Waals surface area contributed by atoms with Crippen LogP contribution in [0.15, 0.2) is 54.9 Å². The monoisotopic (exact) mass is 296 g/mol. The molecule has 6 heteroatoms. The number of benzene rings is 2. The maximum absolute atomic E-state index is 9.10. The smallest absolute Gasteiger partial charge is 0.341 e. The molecule has 0 radical (unpaired) electrons. The molecule has 0 spiro atoms. The van der Waals surface area contributed by atoms with Gasteiger partial charge in [-0.3, -0.25) is 0 Å². The summed E-state index contributed by atoms with van der Waals surface area (Å²) in [6.45, 7) is 0. The summed E-state index contributed by atoms with van der Waals surface area (Å²) < 4.78 is 7.12. The lowest BCUT2D eigenvalue weighted by Crippen LogP contribution is -1.95. The third-order valence-corrected chi connectivity index (χ3v) is 3.09. The highest BCUT2D eigenvalue weighted by Crippen LogP contribution is 2.28. The largest absolute Gasteiger partial charge is 0.422 e. The van der Waals surface area contributed by atoms with E-state index in [-0.39, 0.29) is 11.6 Å². The van der Waals surface area contributed by atoms with Crippen molar-refractivity contribution in [3.05, 3.63) is 65.4 Å². The molecule has 0 N–H and O–H groups in total. The summed E-state index contributed by atoms with van der Waals surface area (Å²) >= 11 is 5.95. The summed E-state index contributed by atoms with van der Waals surface area (Å²) in [5.41, 5.74) is 1.13. The van der Waals surface area contributed by atoms with Crippen LogP contribution in [-0.2, 0) is 0 Å². The van der Waals surface area contributed by atoms with E-state index in [1.165, 1.54) is 0 Å². The van der Waals surface area contributed by atoms with Gasteiger partial charge in [0.25, 0.3) is 0 Å². The van der Waals surface area contributed by atoms with Crippen molar-refractivity contribution in [1.82, 2.24) is 14.8 Å². The fourth-order valence-electron chi connectivity index (χ4n) is 1.80. The van der Waals surface area contributed by atoms with Crippen LogP contribution in [0.4, 0.5) is 0 Å². The van der Waals surface area contributed by atoms with Crippen LogP contribution >= 0.6 is 11.6 Å². The Morgan fingerprint density at radius 1 is 1.10 bits per heavy atom. The molecule has 0 aliphatic heterocycles. The van der Waals surface area contributed by atoms with E-state index in [2.05, 4.69) is 10.1 Å². The molecule has 3 rings (SSSR count). The number of nitrogens with zero attached hydrogens (tertiary/aromatic N) is 4. The predicted octanol–water partition coefficient (Wildman–Crippen LogP) is 3.58. The van der Waals surface area contributed by atoms with Crippen molar-refractivity contribution in [2.24, 2.45) is 0 Å². The van der Waals surface area contributed by atoms with Crippen molar-refractivity contribution in [2.75, 3.05) is 0 Å². The average Bonchev–Trinajstić information content (AvgIpc) is 2.97. The van der Waals surface area contributed by atoms with Crippen LogP contribution in [0.25, 0.3) is 5.69 Å². The topological polar surface area (TPSA) is 63.7 Å². The van der Waals surface area contributed by atoms with E-state index < -0.39 is 0 Å². The van der Waals surface area contributed by atoms with E-state index in [1.54, 1.807) is 29.2 Å². The van der Waals surface area contributed by atoms with Crippen molar-refractivity contribution < 1.29 is 4.74 Å². The number of rotatable bonds is 3. The number of hydrogen-bond donors (Lipinski definition) is 0. The van der Waals surface area contributed by atoms with Gasteiger partial charge in [-0.1, -0.05) is 35.9 Å². The van der Waals surface area contributed by atoms with Crippen molar-refractivity contribution in [3.63, 3.8) is 0 Å². The summed E-state index contributed by atoms with van der Waals surface area (Å²) in [5.74, 6) is 0.329. The molecule has 0 atom stereocenters. The summed E-state index contributed by atoms with van der Waals surface area (Å²) in [7, 11) is 0. The van der Waals surface area contributed by atoms with Crippen LogP contribution in [-0.4, -0.2) is 14.8 Å². The third-order valence-electron chi connectivity index (χ3n) is 2.78. The minimum atomic E-state index is 0.151. The van der Waals surface area contributed by atoms with Gasteiger partial charge in [0.05, 0.1) is 10.7 Å². The van der Waals surface area contributed by atoms with Crippen LogP contribution in [0.1, 0.15) is 5.56 Å². The number of para-hydroxylation sites is 1. The molecule has 102 valence electrons. The Labute approximate surface area is 126 Å². The number of halogens is 1. The van der Waals surface area contributed by atoms with Crippen LogP contribution in [0.5, 0.6) is 11.8 Å². The Bertz CT molecular complexity index is 808. The second-order valence-corrected chi connectivity index (χ2v) is 4.54. The predicted molar refractivity (Wildman–Crippen MR) is 77.6 cm³/mol. The zero-order valence-corrected chi connectivity index (χ0v) is 11.5. The molecule has 5 nitrogen and oxygen atoms in total. The highest BCUT2D eigenvalue weighted by molar-refractivity contribution is 6.31. The Hall–Kier alpha value is -2.84. The number of aromatic nitrogens is 3. The quantitative estimate of drug-likeness (QED) is 0.741. The van der Waals surface area contributed by atoms with Gasteiger partial charge < -0.3 is 4.74 Å². The molecule has 1 heterocycles. The lowest BCUT2D eigenvalue weighted by atomic mass is 10.2. The minimum Gasteiger partial charge on any atom is -0.422 e. The lowest BCUT2D eigenvalue weighted by molar-refractivity contribution is 0.440. The first-order valence-corrected chi connectivity index (χ1v) is 6.49. The lowest BCUT2D eigenvalue weighted by Gasteiger charge is -2.04. The summed E-state index contributed by atoms with van der Waals surface area (Å²) in [4.78, 5) is 4.07. The minimum absolute atomic E-state index is 0.151. The van der Waals surface area contributed by atoms with Crippen LogP contribution in [0.3, 0.4) is 0 Å². The van der Waals surface area contributed by atoms with E-state index in [0.717, 1.165) is 5.69 Å². The third kappa shape index (κ3) is 2.71. The maximum atomic E-state index is 9.10. The molecule has 0 saturated carbocycles. The molecule has 0 saturated heterocycles. The molecule has 0 bridgehead atoms. The molecule has 3 aromatic rings. The first-order valence-electron chi connectivity index (χ1n) is 6.11. The van der Waals surface area contributed by atoms with Gasteiger partial charge >= 0.3 is 6.01 Å². The molecule has 21 heavy (non-hydrogen) atoms. The maximum Gasteiger partial charge on any atom is 0.341 e. The summed E-state index contributed by atoms with van der Waals surface area (Å²) in [5, 5.41) is 13.6. The van der Waals surface area contributed by atoms with Crippen LogP contribution in [0.2, 0.25) is 5.02 Å². The van der Waals surface area contributed by atoms with Crippen LogP contribution < -0.4 is 4.74 Å². The summed E-state index contributed by atoms with van der Waals surface area (Å²) in [6.07, 6.45) is 1.54. The Kier molecular flexibility index (Phi) is 3.54.